The van der Waals surface area contributed by atoms with Crippen LogP contribution >= 0.6 is 0 Å². The third-order valence-corrected chi connectivity index (χ3v) is 2.60. The van der Waals surface area contributed by atoms with Gasteiger partial charge in [-0.25, -0.2) is 4.68 Å². The molecule has 0 spiro atoms. The van der Waals surface area contributed by atoms with E-state index >= 15 is 0 Å². The van der Waals surface area contributed by atoms with Crippen molar-refractivity contribution in [3.8, 4) is 0 Å². The number of nitrogens with two attached hydrogens (primary N) is 1. The van der Waals surface area contributed by atoms with Gasteiger partial charge in [0.05, 0.1) is 11.9 Å². The van der Waals surface area contributed by atoms with Gasteiger partial charge in [-0.3, -0.25) is 4.79 Å². The third kappa shape index (κ3) is 2.57. The van der Waals surface area contributed by atoms with Crippen molar-refractivity contribution in [1.29, 1.82) is 0 Å². The van der Waals surface area contributed by atoms with Gasteiger partial charge in [0.15, 0.2) is 0 Å². The highest BCUT2D eigenvalue weighted by atomic mass is 16.2. The summed E-state index contributed by atoms with van der Waals surface area (Å²) in [6, 6.07) is -0.326. The summed E-state index contributed by atoms with van der Waals surface area (Å²) in [7, 11) is 0. The number of amides is 1. The number of likely N-dealkylation sites (N-methyl/N-ethyl adjacent to an activating group) is 1. The maximum absolute atomic E-state index is 12.0. The molecule has 0 saturated heterocycles. The molecule has 1 rings (SSSR count). The van der Waals surface area contributed by atoms with Crippen LogP contribution in [0, 0.1) is 0 Å². The van der Waals surface area contributed by atoms with E-state index in [-0.39, 0.29) is 11.9 Å². The van der Waals surface area contributed by atoms with Crippen LogP contribution < -0.4 is 5.73 Å². The van der Waals surface area contributed by atoms with Crippen molar-refractivity contribution in [3.63, 3.8) is 0 Å². The lowest BCUT2D eigenvalue weighted by molar-refractivity contribution is -0.134. The molecular weight excluding hydrogens is 206 g/mol. The minimum Gasteiger partial charge on any atom is -0.341 e. The van der Waals surface area contributed by atoms with E-state index < -0.39 is 0 Å². The standard InChI is InChI=1S/C10H19N5O/c1-4-14(5-2)10(16)8(3)15-7-9(6-11)12-13-15/h7-8H,4-6,11H2,1-3H3. The van der Waals surface area contributed by atoms with Crippen molar-refractivity contribution in [3.05, 3.63) is 11.9 Å². The van der Waals surface area contributed by atoms with Crippen LogP contribution in [0.2, 0.25) is 0 Å². The molecule has 0 fully saturated rings. The highest BCUT2D eigenvalue weighted by molar-refractivity contribution is 5.79. The van der Waals surface area contributed by atoms with Crippen LogP contribution in [-0.4, -0.2) is 38.9 Å². The normalized spacial score (nSPS) is 12.5. The maximum atomic E-state index is 12.0. The Morgan fingerprint density at radius 1 is 1.56 bits per heavy atom. The quantitative estimate of drug-likeness (QED) is 0.774. The van der Waals surface area contributed by atoms with Gasteiger partial charge < -0.3 is 10.6 Å². The van der Waals surface area contributed by atoms with Crippen LogP contribution in [0.3, 0.4) is 0 Å². The van der Waals surface area contributed by atoms with Gasteiger partial charge in [0.2, 0.25) is 5.91 Å². The zero-order chi connectivity index (χ0) is 12.1. The van der Waals surface area contributed by atoms with Gasteiger partial charge in [0.1, 0.15) is 6.04 Å². The molecule has 1 aromatic heterocycles. The van der Waals surface area contributed by atoms with Crippen LogP contribution in [0.1, 0.15) is 32.5 Å². The van der Waals surface area contributed by atoms with Gasteiger partial charge in [0.25, 0.3) is 0 Å². The number of carbonyl (C=O) groups is 1. The number of aromatic nitrogens is 3. The fraction of sp³-hybridized carbons (Fsp3) is 0.700. The van der Waals surface area contributed by atoms with Crippen molar-refractivity contribution >= 4 is 5.91 Å². The van der Waals surface area contributed by atoms with Crippen molar-refractivity contribution in [2.75, 3.05) is 13.1 Å². The first kappa shape index (κ1) is 12.6. The molecule has 0 saturated carbocycles. The average Bonchev–Trinajstić information content (AvgIpc) is 2.78. The zero-order valence-electron chi connectivity index (χ0n) is 10.1. The molecule has 1 aromatic rings. The highest BCUT2D eigenvalue weighted by Gasteiger charge is 2.20. The van der Waals surface area contributed by atoms with Crippen molar-refractivity contribution in [2.24, 2.45) is 5.73 Å². The van der Waals surface area contributed by atoms with Crippen LogP contribution in [0.5, 0.6) is 0 Å². The number of hydrogen-bond acceptors (Lipinski definition) is 4. The Balaban J connectivity index is 2.76. The molecule has 1 amide bonds. The second-order valence-corrected chi connectivity index (χ2v) is 3.58. The van der Waals surface area contributed by atoms with E-state index in [1.165, 1.54) is 0 Å². The first-order chi connectivity index (χ1) is 7.63. The van der Waals surface area contributed by atoms with Crippen LogP contribution in [-0.2, 0) is 11.3 Å². The lowest BCUT2D eigenvalue weighted by atomic mass is 10.3. The van der Waals surface area contributed by atoms with Gasteiger partial charge in [-0.2, -0.15) is 0 Å². The molecule has 0 aliphatic heterocycles. The molecule has 0 aromatic carbocycles. The van der Waals surface area contributed by atoms with Gasteiger partial charge >= 0.3 is 0 Å². The van der Waals surface area contributed by atoms with Crippen LogP contribution in [0.4, 0.5) is 0 Å². The van der Waals surface area contributed by atoms with Gasteiger partial charge in [-0.1, -0.05) is 5.21 Å². The van der Waals surface area contributed by atoms with Crippen molar-refractivity contribution in [2.45, 2.75) is 33.4 Å². The zero-order valence-corrected chi connectivity index (χ0v) is 10.1. The summed E-state index contributed by atoms with van der Waals surface area (Å²) >= 11 is 0. The first-order valence-electron chi connectivity index (χ1n) is 5.53. The first-order valence-corrected chi connectivity index (χ1v) is 5.53. The van der Waals surface area contributed by atoms with Crippen LogP contribution in [0.15, 0.2) is 6.20 Å². The third-order valence-electron chi connectivity index (χ3n) is 2.60. The fourth-order valence-corrected chi connectivity index (χ4v) is 1.51. The predicted molar refractivity (Wildman–Crippen MR) is 60.6 cm³/mol. The Hall–Kier alpha value is -1.43. The van der Waals surface area contributed by atoms with E-state index in [0.29, 0.717) is 25.3 Å². The Bertz CT molecular complexity index is 345. The van der Waals surface area contributed by atoms with Crippen molar-refractivity contribution < 1.29 is 4.79 Å². The summed E-state index contributed by atoms with van der Waals surface area (Å²) in [4.78, 5) is 13.8. The second-order valence-electron chi connectivity index (χ2n) is 3.58. The minimum atomic E-state index is -0.326. The summed E-state index contributed by atoms with van der Waals surface area (Å²) in [6.45, 7) is 7.49. The molecule has 0 bridgehead atoms. The Morgan fingerprint density at radius 3 is 2.62 bits per heavy atom. The van der Waals surface area contributed by atoms with Crippen molar-refractivity contribution in [1.82, 2.24) is 19.9 Å². The molecule has 16 heavy (non-hydrogen) atoms. The van der Waals surface area contributed by atoms with Crippen LogP contribution in [0.25, 0.3) is 0 Å². The molecule has 6 nitrogen and oxygen atoms in total. The number of nitrogens with zero attached hydrogens (tertiary/aromatic N) is 4. The smallest absolute Gasteiger partial charge is 0.247 e. The molecular formula is C10H19N5O. The Morgan fingerprint density at radius 2 is 2.19 bits per heavy atom. The minimum absolute atomic E-state index is 0.0541. The molecule has 0 aliphatic rings. The molecule has 1 heterocycles. The Labute approximate surface area is 95.4 Å². The summed E-state index contributed by atoms with van der Waals surface area (Å²) in [5, 5.41) is 7.76. The average molecular weight is 225 g/mol. The van der Waals surface area contributed by atoms with E-state index in [4.69, 9.17) is 5.73 Å². The van der Waals surface area contributed by atoms with E-state index in [9.17, 15) is 4.79 Å². The maximum Gasteiger partial charge on any atom is 0.247 e. The number of rotatable bonds is 5. The van der Waals surface area contributed by atoms with E-state index in [1.54, 1.807) is 15.8 Å². The number of hydrogen-bond donors (Lipinski definition) is 1. The molecule has 1 atom stereocenters. The lowest BCUT2D eigenvalue weighted by Crippen LogP contribution is -2.36. The molecule has 2 N–H and O–H groups in total. The molecule has 90 valence electrons. The second kappa shape index (κ2) is 5.60. The SMILES string of the molecule is CCN(CC)C(=O)C(C)n1cc(CN)nn1. The molecule has 6 heteroatoms. The molecule has 0 aliphatic carbocycles. The van der Waals surface area contributed by atoms with E-state index in [0.717, 1.165) is 0 Å². The monoisotopic (exact) mass is 225 g/mol. The Kier molecular flexibility index (Phi) is 4.42. The highest BCUT2D eigenvalue weighted by Crippen LogP contribution is 2.08. The van der Waals surface area contributed by atoms with E-state index in [1.807, 2.05) is 20.8 Å². The summed E-state index contributed by atoms with van der Waals surface area (Å²) < 4.78 is 1.56. The van der Waals surface area contributed by atoms with Gasteiger partial charge in [-0.15, -0.1) is 5.10 Å². The summed E-state index contributed by atoms with van der Waals surface area (Å²) in [5.74, 6) is 0.0541. The fourth-order valence-electron chi connectivity index (χ4n) is 1.51. The van der Waals surface area contributed by atoms with E-state index in [2.05, 4.69) is 10.3 Å². The van der Waals surface area contributed by atoms with Gasteiger partial charge in [-0.05, 0) is 20.8 Å². The number of carbonyl (C=O) groups excluding carboxylic acids is 1. The largest absolute Gasteiger partial charge is 0.341 e. The molecule has 1 unspecified atom stereocenters. The summed E-state index contributed by atoms with van der Waals surface area (Å²) in [6.07, 6.45) is 1.71. The lowest BCUT2D eigenvalue weighted by Gasteiger charge is -2.22. The van der Waals surface area contributed by atoms with Gasteiger partial charge in [0, 0.05) is 19.6 Å². The topological polar surface area (TPSA) is 77.0 Å². The molecule has 0 radical (unpaired) electrons. The summed E-state index contributed by atoms with van der Waals surface area (Å²) in [5.41, 5.74) is 6.13. The predicted octanol–water partition coefficient (Wildman–Crippen LogP) is 0.166.